The fraction of sp³-hybridized carbons (Fsp3) is 0.308. The smallest absolute Gasteiger partial charge is 0.0896 e. The van der Waals surface area contributed by atoms with Gasteiger partial charge in [-0.15, -0.1) is 0 Å². The predicted molar refractivity (Wildman–Crippen MR) is 71.8 cm³/mol. The van der Waals surface area contributed by atoms with Crippen LogP contribution >= 0.6 is 0 Å². The summed E-state index contributed by atoms with van der Waals surface area (Å²) < 4.78 is 3.82. The molecule has 3 aromatic rings. The average Bonchev–Trinajstić information content (AvgIpc) is 3.07. The molecule has 3 aromatic heterocycles. The number of hydrogen-bond acceptors (Lipinski definition) is 4. The number of fused-ring (bicyclic) bond motifs is 1. The highest BCUT2D eigenvalue weighted by atomic mass is 15.3. The molecule has 0 bridgehead atoms. The van der Waals surface area contributed by atoms with Gasteiger partial charge in [-0.2, -0.15) is 10.2 Å². The summed E-state index contributed by atoms with van der Waals surface area (Å²) >= 11 is 0. The van der Waals surface area contributed by atoms with Crippen LogP contribution in [0.4, 0.5) is 0 Å². The first-order chi connectivity index (χ1) is 9.35. The fourth-order valence-corrected chi connectivity index (χ4v) is 2.39. The molecule has 0 saturated heterocycles. The van der Waals surface area contributed by atoms with Crippen LogP contribution in [0, 0.1) is 0 Å². The van der Waals surface area contributed by atoms with Crippen LogP contribution in [0.15, 0.2) is 37.1 Å². The SMILES string of the molecule is CCn1nccc1C(NC)c1cnn2ccncc12. The minimum Gasteiger partial charge on any atom is -0.308 e. The van der Waals surface area contributed by atoms with Crippen molar-refractivity contribution in [3.05, 3.63) is 48.3 Å². The first kappa shape index (κ1) is 11.9. The van der Waals surface area contributed by atoms with E-state index in [-0.39, 0.29) is 6.04 Å². The molecule has 3 rings (SSSR count). The van der Waals surface area contributed by atoms with Gasteiger partial charge in [-0.3, -0.25) is 9.67 Å². The Kier molecular flexibility index (Phi) is 3.00. The third-order valence-corrected chi connectivity index (χ3v) is 3.30. The molecule has 6 nitrogen and oxygen atoms in total. The molecule has 0 radical (unpaired) electrons. The van der Waals surface area contributed by atoms with E-state index in [0.29, 0.717) is 0 Å². The molecule has 0 aliphatic heterocycles. The maximum Gasteiger partial charge on any atom is 0.0896 e. The number of aryl methyl sites for hydroxylation is 1. The summed E-state index contributed by atoms with van der Waals surface area (Å²) in [6.07, 6.45) is 9.12. The minimum absolute atomic E-state index is 0.0594. The molecule has 0 spiro atoms. The Labute approximate surface area is 111 Å². The van der Waals surface area contributed by atoms with Crippen molar-refractivity contribution in [2.24, 2.45) is 0 Å². The standard InChI is InChI=1S/C13H16N6/c1-3-18-11(4-5-16-18)13(14-2)10-8-17-19-7-6-15-9-12(10)19/h4-9,13-14H,3H2,1-2H3. The van der Waals surface area contributed by atoms with E-state index in [1.807, 2.05) is 47.1 Å². The number of nitrogens with zero attached hydrogens (tertiary/aromatic N) is 5. The molecule has 98 valence electrons. The first-order valence-electron chi connectivity index (χ1n) is 6.31. The fourth-order valence-electron chi connectivity index (χ4n) is 2.39. The molecule has 1 N–H and O–H groups in total. The van der Waals surface area contributed by atoms with Crippen LogP contribution in [0.2, 0.25) is 0 Å². The zero-order valence-corrected chi connectivity index (χ0v) is 11.0. The summed E-state index contributed by atoms with van der Waals surface area (Å²) in [7, 11) is 1.94. The molecular formula is C13H16N6. The minimum atomic E-state index is 0.0594. The third-order valence-electron chi connectivity index (χ3n) is 3.30. The molecule has 1 unspecified atom stereocenters. The van der Waals surface area contributed by atoms with Crippen molar-refractivity contribution in [1.29, 1.82) is 0 Å². The Morgan fingerprint density at radius 3 is 2.95 bits per heavy atom. The molecule has 0 aliphatic rings. The van der Waals surface area contributed by atoms with Gasteiger partial charge in [0.05, 0.1) is 29.6 Å². The van der Waals surface area contributed by atoms with Crippen molar-refractivity contribution in [3.63, 3.8) is 0 Å². The molecule has 0 saturated carbocycles. The Hall–Kier alpha value is -2.21. The zero-order valence-electron chi connectivity index (χ0n) is 11.0. The number of nitrogens with one attached hydrogen (secondary N) is 1. The monoisotopic (exact) mass is 256 g/mol. The predicted octanol–water partition coefficient (Wildman–Crippen LogP) is 1.25. The highest BCUT2D eigenvalue weighted by Crippen LogP contribution is 2.24. The summed E-state index contributed by atoms with van der Waals surface area (Å²) in [4.78, 5) is 4.18. The number of aromatic nitrogens is 5. The first-order valence-corrected chi connectivity index (χ1v) is 6.31. The van der Waals surface area contributed by atoms with Gasteiger partial charge in [0.25, 0.3) is 0 Å². The van der Waals surface area contributed by atoms with Gasteiger partial charge in [-0.25, -0.2) is 4.52 Å². The molecule has 3 heterocycles. The van der Waals surface area contributed by atoms with Crippen LogP contribution < -0.4 is 5.32 Å². The molecule has 1 atom stereocenters. The quantitative estimate of drug-likeness (QED) is 0.763. The Morgan fingerprint density at radius 1 is 1.26 bits per heavy atom. The summed E-state index contributed by atoms with van der Waals surface area (Å²) in [6, 6.07) is 2.09. The summed E-state index contributed by atoms with van der Waals surface area (Å²) in [6.45, 7) is 2.93. The highest BCUT2D eigenvalue weighted by Gasteiger charge is 2.20. The van der Waals surface area contributed by atoms with Crippen LogP contribution in [-0.4, -0.2) is 31.4 Å². The summed E-state index contributed by atoms with van der Waals surface area (Å²) in [5, 5.41) is 12.0. The van der Waals surface area contributed by atoms with E-state index < -0.39 is 0 Å². The zero-order chi connectivity index (χ0) is 13.2. The Balaban J connectivity index is 2.12. The molecule has 0 aliphatic carbocycles. The van der Waals surface area contributed by atoms with Gasteiger partial charge >= 0.3 is 0 Å². The lowest BCUT2D eigenvalue weighted by Crippen LogP contribution is -2.21. The second kappa shape index (κ2) is 4.81. The van der Waals surface area contributed by atoms with E-state index in [0.717, 1.165) is 23.3 Å². The van der Waals surface area contributed by atoms with Crippen molar-refractivity contribution in [2.45, 2.75) is 19.5 Å². The highest BCUT2D eigenvalue weighted by molar-refractivity contribution is 5.55. The lowest BCUT2D eigenvalue weighted by atomic mass is 10.1. The van der Waals surface area contributed by atoms with Crippen molar-refractivity contribution in [3.8, 4) is 0 Å². The molecule has 6 heteroatoms. The van der Waals surface area contributed by atoms with Crippen molar-refractivity contribution < 1.29 is 0 Å². The lowest BCUT2D eigenvalue weighted by molar-refractivity contribution is 0.565. The van der Waals surface area contributed by atoms with Crippen molar-refractivity contribution in [1.82, 2.24) is 29.7 Å². The normalized spacial score (nSPS) is 12.9. The van der Waals surface area contributed by atoms with Crippen LogP contribution in [0.3, 0.4) is 0 Å². The van der Waals surface area contributed by atoms with E-state index in [2.05, 4.69) is 27.4 Å². The molecule has 0 aromatic carbocycles. The lowest BCUT2D eigenvalue weighted by Gasteiger charge is -2.16. The van der Waals surface area contributed by atoms with E-state index in [4.69, 9.17) is 0 Å². The summed E-state index contributed by atoms with van der Waals surface area (Å²) in [5.41, 5.74) is 3.24. The van der Waals surface area contributed by atoms with Gasteiger partial charge in [0.15, 0.2) is 0 Å². The van der Waals surface area contributed by atoms with Gasteiger partial charge in [-0.05, 0) is 20.0 Å². The van der Waals surface area contributed by atoms with Gasteiger partial charge in [0, 0.05) is 30.7 Å². The van der Waals surface area contributed by atoms with Crippen LogP contribution in [0.25, 0.3) is 5.52 Å². The topological polar surface area (TPSA) is 60.0 Å². The third kappa shape index (κ3) is 1.90. The number of rotatable bonds is 4. The Morgan fingerprint density at radius 2 is 2.16 bits per heavy atom. The van der Waals surface area contributed by atoms with Gasteiger partial charge in [0.2, 0.25) is 0 Å². The van der Waals surface area contributed by atoms with E-state index in [1.54, 1.807) is 6.20 Å². The second-order valence-electron chi connectivity index (χ2n) is 4.30. The molecular weight excluding hydrogens is 240 g/mol. The maximum absolute atomic E-state index is 4.36. The molecule has 0 fully saturated rings. The average molecular weight is 256 g/mol. The van der Waals surface area contributed by atoms with E-state index in [1.165, 1.54) is 0 Å². The second-order valence-corrected chi connectivity index (χ2v) is 4.30. The van der Waals surface area contributed by atoms with Crippen molar-refractivity contribution >= 4 is 5.52 Å². The van der Waals surface area contributed by atoms with Crippen LogP contribution in [-0.2, 0) is 6.54 Å². The molecule has 0 amide bonds. The van der Waals surface area contributed by atoms with E-state index in [9.17, 15) is 0 Å². The van der Waals surface area contributed by atoms with Crippen molar-refractivity contribution in [2.75, 3.05) is 7.05 Å². The van der Waals surface area contributed by atoms with Crippen LogP contribution in [0.5, 0.6) is 0 Å². The van der Waals surface area contributed by atoms with Gasteiger partial charge in [-0.1, -0.05) is 0 Å². The van der Waals surface area contributed by atoms with Gasteiger partial charge < -0.3 is 5.32 Å². The van der Waals surface area contributed by atoms with E-state index >= 15 is 0 Å². The summed E-state index contributed by atoms with van der Waals surface area (Å²) in [5.74, 6) is 0. The maximum atomic E-state index is 4.36. The molecule has 19 heavy (non-hydrogen) atoms. The largest absolute Gasteiger partial charge is 0.308 e. The van der Waals surface area contributed by atoms with Crippen LogP contribution in [0.1, 0.15) is 24.2 Å². The Bertz CT molecular complexity index is 683. The van der Waals surface area contributed by atoms with Gasteiger partial charge in [0.1, 0.15) is 0 Å². The number of hydrogen-bond donors (Lipinski definition) is 1.